The van der Waals surface area contributed by atoms with Crippen LogP contribution in [-0.4, -0.2) is 36.2 Å². The maximum absolute atomic E-state index is 12.0. The molecule has 1 spiro atoms. The summed E-state index contributed by atoms with van der Waals surface area (Å²) in [7, 11) is 0. The number of hydrogen-bond donors (Lipinski definition) is 3. The Morgan fingerprint density at radius 1 is 1.27 bits per heavy atom. The van der Waals surface area contributed by atoms with Gasteiger partial charge in [-0.25, -0.2) is 4.79 Å². The summed E-state index contributed by atoms with van der Waals surface area (Å²) in [6.07, 6.45) is -3.25. The first kappa shape index (κ1) is 16.3. The lowest BCUT2D eigenvalue weighted by molar-refractivity contribution is -0.192. The number of benzene rings is 1. The summed E-state index contributed by atoms with van der Waals surface area (Å²) in [5.41, 5.74) is 2.06. The average Bonchev–Trinajstić information content (AvgIpc) is 2.89. The SMILES string of the molecule is O=C(O)C(F)(F)F.O=C1Nc2ccccc2CC12CCNC2. The zero-order valence-electron chi connectivity index (χ0n) is 11.5. The molecule has 2 heterocycles. The van der Waals surface area contributed by atoms with Gasteiger partial charge in [-0.1, -0.05) is 18.2 Å². The lowest BCUT2D eigenvalue weighted by atomic mass is 9.77. The third-order valence-electron chi connectivity index (χ3n) is 3.76. The topological polar surface area (TPSA) is 78.4 Å². The fraction of sp³-hybridized carbons (Fsp3) is 0.429. The number of carboxylic acids is 1. The molecule has 1 unspecified atom stereocenters. The number of halogens is 3. The minimum atomic E-state index is -5.08. The van der Waals surface area contributed by atoms with Crippen molar-refractivity contribution in [1.29, 1.82) is 0 Å². The van der Waals surface area contributed by atoms with Crippen LogP contribution in [0.5, 0.6) is 0 Å². The van der Waals surface area contributed by atoms with Crippen LogP contribution in [0.1, 0.15) is 12.0 Å². The van der Waals surface area contributed by atoms with Crippen molar-refractivity contribution in [2.24, 2.45) is 5.41 Å². The van der Waals surface area contributed by atoms with Gasteiger partial charge in [0.05, 0.1) is 5.41 Å². The average molecular weight is 316 g/mol. The Balaban J connectivity index is 0.000000217. The highest BCUT2D eigenvalue weighted by Gasteiger charge is 2.44. The highest BCUT2D eigenvalue weighted by molar-refractivity contribution is 5.98. The summed E-state index contributed by atoms with van der Waals surface area (Å²) in [5.74, 6) is -2.57. The molecule has 1 atom stereocenters. The number of hydrogen-bond acceptors (Lipinski definition) is 3. The number of fused-ring (bicyclic) bond motifs is 1. The van der Waals surface area contributed by atoms with Crippen LogP contribution in [0.3, 0.4) is 0 Å². The summed E-state index contributed by atoms with van der Waals surface area (Å²) in [5, 5.41) is 13.4. The van der Waals surface area contributed by atoms with Gasteiger partial charge in [-0.05, 0) is 31.0 Å². The highest BCUT2D eigenvalue weighted by Crippen LogP contribution is 2.37. The molecule has 1 fully saturated rings. The van der Waals surface area contributed by atoms with Gasteiger partial charge in [0, 0.05) is 12.2 Å². The fourth-order valence-corrected chi connectivity index (χ4v) is 2.58. The summed E-state index contributed by atoms with van der Waals surface area (Å²) >= 11 is 0. The number of alkyl halides is 3. The van der Waals surface area contributed by atoms with E-state index >= 15 is 0 Å². The van der Waals surface area contributed by atoms with E-state index in [0.29, 0.717) is 0 Å². The van der Waals surface area contributed by atoms with E-state index in [4.69, 9.17) is 9.90 Å². The van der Waals surface area contributed by atoms with Gasteiger partial charge >= 0.3 is 12.1 Å². The van der Waals surface area contributed by atoms with Crippen LogP contribution >= 0.6 is 0 Å². The Bertz CT molecular complexity index is 581. The molecule has 2 aliphatic rings. The molecular weight excluding hydrogens is 301 g/mol. The molecular formula is C14H15F3N2O3. The van der Waals surface area contributed by atoms with E-state index < -0.39 is 12.1 Å². The molecule has 0 bridgehead atoms. The number of carbonyl (C=O) groups excluding carboxylic acids is 1. The van der Waals surface area contributed by atoms with Crippen molar-refractivity contribution in [2.45, 2.75) is 19.0 Å². The van der Waals surface area contributed by atoms with Gasteiger partial charge < -0.3 is 15.7 Å². The second-order valence-corrected chi connectivity index (χ2v) is 5.30. The molecule has 2 aliphatic heterocycles. The van der Waals surface area contributed by atoms with Gasteiger partial charge in [-0.2, -0.15) is 13.2 Å². The van der Waals surface area contributed by atoms with Crippen molar-refractivity contribution in [3.63, 3.8) is 0 Å². The van der Waals surface area contributed by atoms with Gasteiger partial charge in [0.25, 0.3) is 0 Å². The summed E-state index contributed by atoms with van der Waals surface area (Å²) in [4.78, 5) is 20.9. The Morgan fingerprint density at radius 3 is 2.45 bits per heavy atom. The molecule has 0 radical (unpaired) electrons. The van der Waals surface area contributed by atoms with Gasteiger partial charge in [-0.15, -0.1) is 0 Å². The molecule has 1 aromatic rings. The molecule has 1 aromatic carbocycles. The third-order valence-corrected chi connectivity index (χ3v) is 3.76. The highest BCUT2D eigenvalue weighted by atomic mass is 19.4. The Morgan fingerprint density at radius 2 is 1.91 bits per heavy atom. The second kappa shape index (κ2) is 5.96. The van der Waals surface area contributed by atoms with Crippen LogP contribution in [0.25, 0.3) is 0 Å². The largest absolute Gasteiger partial charge is 0.490 e. The van der Waals surface area contributed by atoms with E-state index in [1.54, 1.807) is 0 Å². The lowest BCUT2D eigenvalue weighted by Crippen LogP contribution is -2.43. The van der Waals surface area contributed by atoms with Crippen molar-refractivity contribution in [1.82, 2.24) is 5.32 Å². The smallest absolute Gasteiger partial charge is 0.475 e. The van der Waals surface area contributed by atoms with Crippen molar-refractivity contribution in [2.75, 3.05) is 18.4 Å². The van der Waals surface area contributed by atoms with Crippen LogP contribution in [-0.2, 0) is 16.0 Å². The van der Waals surface area contributed by atoms with Gasteiger partial charge in [-0.3, -0.25) is 4.79 Å². The van der Waals surface area contributed by atoms with Crippen molar-refractivity contribution in [3.8, 4) is 0 Å². The van der Waals surface area contributed by atoms with Crippen LogP contribution in [0.2, 0.25) is 0 Å². The Kier molecular flexibility index (Phi) is 4.41. The molecule has 0 aliphatic carbocycles. The van der Waals surface area contributed by atoms with Crippen LogP contribution in [0.4, 0.5) is 18.9 Å². The number of aliphatic carboxylic acids is 1. The van der Waals surface area contributed by atoms with Crippen LogP contribution < -0.4 is 10.6 Å². The number of rotatable bonds is 0. The van der Waals surface area contributed by atoms with Gasteiger partial charge in [0.1, 0.15) is 0 Å². The monoisotopic (exact) mass is 316 g/mol. The zero-order chi connectivity index (χ0) is 16.4. The Labute approximate surface area is 124 Å². The molecule has 0 aromatic heterocycles. The van der Waals surface area contributed by atoms with E-state index in [9.17, 15) is 18.0 Å². The molecule has 8 heteroatoms. The normalized spacial score (nSPS) is 23.3. The molecule has 0 saturated carbocycles. The predicted molar refractivity (Wildman–Crippen MR) is 72.4 cm³/mol. The van der Waals surface area contributed by atoms with E-state index in [0.717, 1.165) is 31.6 Å². The number of anilines is 1. The second-order valence-electron chi connectivity index (χ2n) is 5.30. The predicted octanol–water partition coefficient (Wildman–Crippen LogP) is 1.79. The minimum absolute atomic E-state index is 0.186. The van der Waals surface area contributed by atoms with Crippen molar-refractivity contribution >= 4 is 17.6 Å². The fourth-order valence-electron chi connectivity index (χ4n) is 2.58. The molecule has 1 amide bonds. The molecule has 120 valence electrons. The van der Waals surface area contributed by atoms with Gasteiger partial charge in [0.2, 0.25) is 5.91 Å². The molecule has 3 N–H and O–H groups in total. The lowest BCUT2D eigenvalue weighted by Gasteiger charge is -2.32. The third kappa shape index (κ3) is 3.38. The maximum atomic E-state index is 12.0. The zero-order valence-corrected chi connectivity index (χ0v) is 11.5. The molecule has 5 nitrogen and oxygen atoms in total. The van der Waals surface area contributed by atoms with E-state index in [2.05, 4.69) is 16.7 Å². The number of nitrogens with one attached hydrogen (secondary N) is 2. The summed E-state index contributed by atoms with van der Waals surface area (Å²) in [6.45, 7) is 1.77. The molecule has 22 heavy (non-hydrogen) atoms. The first-order chi connectivity index (χ1) is 10.2. The quantitative estimate of drug-likeness (QED) is 0.682. The van der Waals surface area contributed by atoms with Gasteiger partial charge in [0.15, 0.2) is 0 Å². The van der Waals surface area contributed by atoms with Crippen molar-refractivity contribution < 1.29 is 27.9 Å². The summed E-state index contributed by atoms with van der Waals surface area (Å²) < 4.78 is 31.7. The number of amides is 1. The minimum Gasteiger partial charge on any atom is -0.475 e. The molecule has 3 rings (SSSR count). The summed E-state index contributed by atoms with van der Waals surface area (Å²) in [6, 6.07) is 8.08. The molecule has 1 saturated heterocycles. The van der Waals surface area contributed by atoms with E-state index in [-0.39, 0.29) is 11.3 Å². The standard InChI is InChI=1S/C12H14N2O.C2HF3O2/c15-11-12(5-6-13-8-12)7-9-3-1-2-4-10(9)14-11;3-2(4,5)1(6)7/h1-4,13H,5-8H2,(H,14,15);(H,6,7). The first-order valence-corrected chi connectivity index (χ1v) is 6.65. The first-order valence-electron chi connectivity index (χ1n) is 6.65. The Hall–Kier alpha value is -2.09. The number of carboxylic acid groups (broad SMARTS) is 1. The maximum Gasteiger partial charge on any atom is 0.490 e. The number of carbonyl (C=O) groups is 2. The number of para-hydroxylation sites is 1. The van der Waals surface area contributed by atoms with Crippen LogP contribution in [0, 0.1) is 5.41 Å². The van der Waals surface area contributed by atoms with E-state index in [1.165, 1.54) is 5.56 Å². The van der Waals surface area contributed by atoms with Crippen LogP contribution in [0.15, 0.2) is 24.3 Å². The van der Waals surface area contributed by atoms with Crippen molar-refractivity contribution in [3.05, 3.63) is 29.8 Å². The van der Waals surface area contributed by atoms with E-state index in [1.807, 2.05) is 18.2 Å².